The summed E-state index contributed by atoms with van der Waals surface area (Å²) in [6.07, 6.45) is 0. The van der Waals surface area contributed by atoms with E-state index in [1.807, 2.05) is 0 Å². The zero-order chi connectivity index (χ0) is 39.0. The van der Waals surface area contributed by atoms with Crippen molar-refractivity contribution in [1.82, 2.24) is 19.1 Å². The van der Waals surface area contributed by atoms with Gasteiger partial charge in [0.25, 0.3) is 0 Å². The number of nitrogens with zero attached hydrogens (tertiary/aromatic N) is 4. The first-order chi connectivity index (χ1) is 29.1. The van der Waals surface area contributed by atoms with Crippen molar-refractivity contribution in [3.05, 3.63) is 193 Å². The first-order valence-corrected chi connectivity index (χ1v) is 20.4. The molecule has 0 aliphatic heterocycles. The fourth-order valence-electron chi connectivity index (χ4n) is 10.5. The Balaban J connectivity index is 1.17. The molecule has 276 valence electrons. The van der Waals surface area contributed by atoms with Crippen LogP contribution in [0.5, 0.6) is 0 Å². The third-order valence-corrected chi connectivity index (χ3v) is 13.1. The van der Waals surface area contributed by atoms with Gasteiger partial charge < -0.3 is 4.57 Å². The molecule has 0 N–H and O–H groups in total. The summed E-state index contributed by atoms with van der Waals surface area (Å²) in [6, 6.07) is 66.0. The van der Waals surface area contributed by atoms with Crippen molar-refractivity contribution in [2.24, 2.45) is 0 Å². The van der Waals surface area contributed by atoms with Crippen molar-refractivity contribution in [3.8, 4) is 33.9 Å². The van der Waals surface area contributed by atoms with Gasteiger partial charge in [-0.2, -0.15) is 0 Å². The monoisotopic (exact) mass is 752 g/mol. The van der Waals surface area contributed by atoms with Crippen molar-refractivity contribution in [1.29, 1.82) is 0 Å². The van der Waals surface area contributed by atoms with E-state index in [9.17, 15) is 0 Å². The van der Waals surface area contributed by atoms with E-state index in [1.165, 1.54) is 71.3 Å². The predicted octanol–water partition coefficient (Wildman–Crippen LogP) is 14.1. The van der Waals surface area contributed by atoms with Crippen LogP contribution in [-0.4, -0.2) is 19.1 Å². The van der Waals surface area contributed by atoms with E-state index in [2.05, 4.69) is 205 Å². The van der Waals surface area contributed by atoms with Crippen LogP contribution in [0.4, 0.5) is 0 Å². The number of hydrogen-bond acceptors (Lipinski definition) is 2. The van der Waals surface area contributed by atoms with Crippen LogP contribution in [0, 0.1) is 0 Å². The summed E-state index contributed by atoms with van der Waals surface area (Å²) in [6.45, 7) is 4.75. The molecule has 3 heterocycles. The Bertz CT molecular complexity index is 3750. The van der Waals surface area contributed by atoms with Crippen LogP contribution in [0.3, 0.4) is 0 Å². The SMILES string of the molecule is CC1(C)c2ccccc2-c2cccc(-n3c4ccccc4c4cc5c(cc43)c3ccccc3n5-c3nc4c5ccccc5c5ccccc5c4nc3-c3ccccc3)c21. The molecule has 0 fully saturated rings. The molecule has 0 radical (unpaired) electrons. The lowest BCUT2D eigenvalue weighted by Crippen LogP contribution is -2.18. The largest absolute Gasteiger partial charge is 0.309 e. The van der Waals surface area contributed by atoms with Gasteiger partial charge >= 0.3 is 0 Å². The Hall–Kier alpha value is -7.56. The maximum atomic E-state index is 5.74. The zero-order valence-electron chi connectivity index (χ0n) is 32.6. The minimum absolute atomic E-state index is 0.168. The van der Waals surface area contributed by atoms with Crippen LogP contribution in [0.15, 0.2) is 182 Å². The van der Waals surface area contributed by atoms with E-state index < -0.39 is 0 Å². The van der Waals surface area contributed by atoms with E-state index in [0.29, 0.717) is 0 Å². The first-order valence-electron chi connectivity index (χ1n) is 20.4. The van der Waals surface area contributed by atoms with Crippen LogP contribution in [0.25, 0.3) is 110 Å². The second kappa shape index (κ2) is 11.7. The normalized spacial score (nSPS) is 13.4. The number of benzene rings is 9. The minimum Gasteiger partial charge on any atom is -0.309 e. The molecule has 1 aliphatic rings. The summed E-state index contributed by atoms with van der Waals surface area (Å²) in [5, 5.41) is 9.34. The molecule has 13 rings (SSSR count). The molecule has 0 saturated heterocycles. The van der Waals surface area contributed by atoms with E-state index in [1.54, 1.807) is 0 Å². The van der Waals surface area contributed by atoms with Crippen molar-refractivity contribution >= 4 is 76.2 Å². The van der Waals surface area contributed by atoms with Crippen molar-refractivity contribution in [3.63, 3.8) is 0 Å². The lowest BCUT2D eigenvalue weighted by molar-refractivity contribution is 0.656. The first kappa shape index (κ1) is 32.5. The van der Waals surface area contributed by atoms with Gasteiger partial charge in [0.2, 0.25) is 0 Å². The number of para-hydroxylation sites is 2. The molecule has 0 unspecified atom stereocenters. The van der Waals surface area contributed by atoms with Crippen LogP contribution in [-0.2, 0) is 5.41 Å². The Morgan fingerprint density at radius 2 is 0.898 bits per heavy atom. The number of hydrogen-bond donors (Lipinski definition) is 0. The van der Waals surface area contributed by atoms with Crippen LogP contribution in [0.2, 0.25) is 0 Å². The maximum absolute atomic E-state index is 5.74. The molecule has 3 aromatic heterocycles. The Morgan fingerprint density at radius 3 is 1.58 bits per heavy atom. The molecule has 12 aromatic rings. The Kier molecular flexibility index (Phi) is 6.48. The molecule has 0 spiro atoms. The number of rotatable bonds is 3. The van der Waals surface area contributed by atoms with Gasteiger partial charge in [0.1, 0.15) is 5.69 Å². The molecule has 4 heteroatoms. The molecule has 4 nitrogen and oxygen atoms in total. The van der Waals surface area contributed by atoms with Crippen molar-refractivity contribution in [2.45, 2.75) is 19.3 Å². The lowest BCUT2D eigenvalue weighted by Gasteiger charge is -2.25. The second-order valence-corrected chi connectivity index (χ2v) is 16.5. The number of fused-ring (bicyclic) bond motifs is 15. The molecular formula is C55H36N4. The average Bonchev–Trinajstić information content (AvgIpc) is 3.88. The van der Waals surface area contributed by atoms with Gasteiger partial charge in [-0.05, 0) is 63.4 Å². The highest BCUT2D eigenvalue weighted by Gasteiger charge is 2.38. The average molecular weight is 753 g/mol. The summed E-state index contributed by atoms with van der Waals surface area (Å²) in [4.78, 5) is 11.4. The second-order valence-electron chi connectivity index (χ2n) is 16.5. The Morgan fingerprint density at radius 1 is 0.390 bits per heavy atom. The third kappa shape index (κ3) is 4.32. The molecule has 9 aromatic carbocycles. The molecule has 59 heavy (non-hydrogen) atoms. The van der Waals surface area contributed by atoms with Gasteiger partial charge in [-0.3, -0.25) is 4.57 Å². The van der Waals surface area contributed by atoms with Crippen LogP contribution in [0.1, 0.15) is 25.0 Å². The molecule has 0 atom stereocenters. The van der Waals surface area contributed by atoms with Gasteiger partial charge in [0, 0.05) is 43.3 Å². The smallest absolute Gasteiger partial charge is 0.165 e. The molecule has 1 aliphatic carbocycles. The summed E-state index contributed by atoms with van der Waals surface area (Å²) >= 11 is 0. The predicted molar refractivity (Wildman–Crippen MR) is 246 cm³/mol. The maximum Gasteiger partial charge on any atom is 0.165 e. The fraction of sp³-hybridized carbons (Fsp3) is 0.0545. The summed E-state index contributed by atoms with van der Waals surface area (Å²) < 4.78 is 4.89. The topological polar surface area (TPSA) is 35.6 Å². The highest BCUT2D eigenvalue weighted by atomic mass is 15.1. The van der Waals surface area contributed by atoms with Crippen molar-refractivity contribution < 1.29 is 0 Å². The summed E-state index contributed by atoms with van der Waals surface area (Å²) in [5.41, 5.74) is 14.7. The summed E-state index contributed by atoms with van der Waals surface area (Å²) in [5.74, 6) is 0.818. The fourth-order valence-corrected chi connectivity index (χ4v) is 10.5. The molecule has 0 bridgehead atoms. The van der Waals surface area contributed by atoms with Gasteiger partial charge in [-0.15, -0.1) is 0 Å². The van der Waals surface area contributed by atoms with E-state index >= 15 is 0 Å². The van der Waals surface area contributed by atoms with Gasteiger partial charge in [0.15, 0.2) is 5.82 Å². The quantitative estimate of drug-likeness (QED) is 0.169. The highest BCUT2D eigenvalue weighted by molar-refractivity contribution is 6.24. The van der Waals surface area contributed by atoms with Crippen LogP contribution >= 0.6 is 0 Å². The minimum atomic E-state index is -0.168. The summed E-state index contributed by atoms with van der Waals surface area (Å²) in [7, 11) is 0. The third-order valence-electron chi connectivity index (χ3n) is 13.1. The standard InChI is InChI=1S/C55H36N4/c1-55(2)44-27-13-10-21-36(44)39-26-16-30-47(50(39)55)58-45-28-14-11-22-37(45)42-32-49-43(31-48(42)58)38-23-12-15-29-46(38)59(49)54-51(33-17-4-3-5-18-33)56-52-40-24-8-6-19-34(40)35-20-7-9-25-41(35)53(52)57-54/h3-32H,1-2H3. The zero-order valence-corrected chi connectivity index (χ0v) is 32.6. The van der Waals surface area contributed by atoms with E-state index in [4.69, 9.17) is 9.97 Å². The van der Waals surface area contributed by atoms with E-state index in [-0.39, 0.29) is 5.41 Å². The number of aromatic nitrogens is 4. The van der Waals surface area contributed by atoms with Crippen molar-refractivity contribution in [2.75, 3.05) is 0 Å². The van der Waals surface area contributed by atoms with E-state index in [0.717, 1.165) is 49.9 Å². The lowest BCUT2D eigenvalue weighted by atomic mass is 9.81. The highest BCUT2D eigenvalue weighted by Crippen LogP contribution is 2.52. The van der Waals surface area contributed by atoms with Gasteiger partial charge in [-0.1, -0.05) is 166 Å². The van der Waals surface area contributed by atoms with Crippen LogP contribution < -0.4 is 0 Å². The van der Waals surface area contributed by atoms with Gasteiger partial charge in [0.05, 0.1) is 38.8 Å². The molecular weight excluding hydrogens is 717 g/mol. The molecule has 0 saturated carbocycles. The van der Waals surface area contributed by atoms with Gasteiger partial charge in [-0.25, -0.2) is 9.97 Å². The molecule has 0 amide bonds. The Labute approximate surface area is 340 Å².